The molecule has 25 atom stereocenters. The van der Waals surface area contributed by atoms with Crippen molar-refractivity contribution in [3.8, 4) is 0 Å². The summed E-state index contributed by atoms with van der Waals surface area (Å²) in [7, 11) is 0. The average Bonchev–Trinajstić information content (AvgIpc) is 0.762. The minimum Gasteiger partial charge on any atom is -0.452 e. The Balaban J connectivity index is 0.000000302. The van der Waals surface area contributed by atoms with Crippen molar-refractivity contribution < 1.29 is 176 Å². The summed E-state index contributed by atoms with van der Waals surface area (Å²) >= 11 is 0. The van der Waals surface area contributed by atoms with Crippen LogP contribution in [0.3, 0.4) is 0 Å². The molecule has 41 heteroatoms. The van der Waals surface area contributed by atoms with Crippen molar-refractivity contribution in [2.75, 3.05) is 26.4 Å². The van der Waals surface area contributed by atoms with Crippen LogP contribution in [0.2, 0.25) is 0 Å². The molecule has 4 amide bonds. The van der Waals surface area contributed by atoms with E-state index in [1.165, 1.54) is 40.5 Å². The van der Waals surface area contributed by atoms with Gasteiger partial charge in [-0.1, -0.05) is 73.6 Å². The smallest absolute Gasteiger partial charge is 0.380 e. The van der Waals surface area contributed by atoms with Crippen LogP contribution in [-0.2, 0) is 114 Å². The summed E-state index contributed by atoms with van der Waals surface area (Å²) in [5.41, 5.74) is 5.74. The molecular weight excluding hydrogens is 1440 g/mol. The minimum atomic E-state index is -2.26. The van der Waals surface area contributed by atoms with Gasteiger partial charge in [-0.05, 0) is 18.8 Å². The Hall–Kier alpha value is -7.04. The highest BCUT2D eigenvalue weighted by Crippen LogP contribution is 2.44. The highest BCUT2D eigenvalue weighted by molar-refractivity contribution is 5.87. The monoisotopic (exact) mass is 1550 g/mol. The summed E-state index contributed by atoms with van der Waals surface area (Å²) in [6.07, 6.45) is -15.6. The number of esters is 8. The first kappa shape index (κ1) is 92.3. The van der Waals surface area contributed by atoms with Crippen molar-refractivity contribution in [2.24, 2.45) is 11.7 Å². The molecule has 41 nitrogen and oxygen atoms in total. The molecule has 0 aromatic carbocycles. The van der Waals surface area contributed by atoms with Gasteiger partial charge in [-0.2, -0.15) is 0 Å². The summed E-state index contributed by atoms with van der Waals surface area (Å²) in [5, 5.41) is 128. The quantitative estimate of drug-likeness (QED) is 0.0197. The van der Waals surface area contributed by atoms with Crippen molar-refractivity contribution in [3.63, 3.8) is 0 Å². The van der Waals surface area contributed by atoms with Crippen LogP contribution in [-0.4, -0.2) is 310 Å². The zero-order valence-electron chi connectivity index (χ0n) is 60.2. The Kier molecular flexibility index (Phi) is 35.0. The molecule has 0 aliphatic carbocycles. The van der Waals surface area contributed by atoms with E-state index in [0.29, 0.717) is 12.8 Å². The number of nitrogens with one attached hydrogen (secondary N) is 4. The number of cyclic esters (lactones) is 4. The third kappa shape index (κ3) is 23.0. The van der Waals surface area contributed by atoms with Gasteiger partial charge in [0.25, 0.3) is 0 Å². The molecule has 0 saturated carbocycles. The van der Waals surface area contributed by atoms with Gasteiger partial charge in [0, 0.05) is 47.5 Å². The molecule has 18 N–H and O–H groups in total. The second-order valence-electron chi connectivity index (χ2n) is 27.2. The number of carbonyl (C=O) groups is 12. The van der Waals surface area contributed by atoms with Crippen LogP contribution in [0.15, 0.2) is 0 Å². The number of unbranched alkanes of at least 4 members (excludes halogenated alkanes) is 6. The second-order valence-corrected chi connectivity index (χ2v) is 27.2. The lowest BCUT2D eigenvalue weighted by Gasteiger charge is -2.51. The molecule has 8 aliphatic heterocycles. The van der Waals surface area contributed by atoms with Crippen LogP contribution in [0.1, 0.15) is 160 Å². The first-order chi connectivity index (χ1) is 49.7. The van der Waals surface area contributed by atoms with Gasteiger partial charge in [-0.25, -0.2) is 19.2 Å². The molecule has 0 aromatic rings. The SMILES string of the molecule is C.CC(=O)N[C@H]1[C@H]2O[C@@](OC(=O)[C@@H](N)C(C)C)(C[C@@H]1O)C(=O)O[C@@H]2[C@H](O)CO.CC(=O)N[C@H]1[C@H]2O[C@@](OC(C)=O)(C[C@@H]1O)C(=O)O[C@@H]2[C@H](O)CO.CCCC(=O)O[C@@]12C[C@H](O)[C@@H](NC(C)=O)[C@@H](O1)[C@@H]([C@H](O)CO)OC2=O.CCCCCCCCCC(=O)O[C@@]12C[C@H](O)[C@@H](NC(C)=O)[C@@H](O1)[C@@H]([C@H](O)CO)OC2=O. The molecule has 8 fully saturated rings. The second kappa shape index (κ2) is 40.6. The van der Waals surface area contributed by atoms with Gasteiger partial charge < -0.3 is 145 Å². The van der Waals surface area contributed by atoms with E-state index in [1.54, 1.807) is 20.8 Å². The fraction of sp³-hybridized carbons (Fsp3) is 0.818. The maximum atomic E-state index is 12.6. The molecule has 8 heterocycles. The van der Waals surface area contributed by atoms with Gasteiger partial charge >= 0.3 is 70.9 Å². The topological polar surface area (TPSA) is 633 Å². The Morgan fingerprint density at radius 2 is 0.692 bits per heavy atom. The first-order valence-electron chi connectivity index (χ1n) is 34.8. The molecule has 107 heavy (non-hydrogen) atoms. The number of amides is 4. The molecule has 8 rings (SSSR count). The Labute approximate surface area is 615 Å². The van der Waals surface area contributed by atoms with E-state index in [0.717, 1.165) is 32.6 Å². The summed E-state index contributed by atoms with van der Waals surface area (Å²) in [4.78, 5) is 143. The third-order valence-corrected chi connectivity index (χ3v) is 18.1. The average molecular weight is 1550 g/mol. The molecule has 8 aliphatic rings. The van der Waals surface area contributed by atoms with Gasteiger partial charge in [-0.15, -0.1) is 0 Å². The normalized spacial score (nSPS) is 34.2. The summed E-state index contributed by atoms with van der Waals surface area (Å²) < 4.78 is 63.6. The van der Waals surface area contributed by atoms with E-state index in [4.69, 9.17) is 72.8 Å². The lowest BCUT2D eigenvalue weighted by molar-refractivity contribution is -0.334. The van der Waals surface area contributed by atoms with Crippen molar-refractivity contribution in [3.05, 3.63) is 0 Å². The predicted octanol–water partition coefficient (Wildman–Crippen LogP) is -6.78. The third-order valence-electron chi connectivity index (χ3n) is 18.1. The fourth-order valence-electron chi connectivity index (χ4n) is 12.9. The number of hydrogen-bond donors (Lipinski definition) is 17. The van der Waals surface area contributed by atoms with Gasteiger partial charge in [0.2, 0.25) is 23.6 Å². The number of nitrogens with two attached hydrogens (primary N) is 1. The lowest BCUT2D eigenvalue weighted by atomic mass is 9.86. The molecule has 0 radical (unpaired) electrons. The van der Waals surface area contributed by atoms with E-state index < -0.39 is 275 Å². The number of aliphatic hydroxyl groups excluding tert-OH is 12. The summed E-state index contributed by atoms with van der Waals surface area (Å²) in [6, 6.07) is -5.16. The number of rotatable bonds is 28. The standard InChI is InChI=1S/C21H35NO9.C16H26N2O9.C15H23NO9.C13H19NO9.CH4/c1-3-4-5-6-7-8-9-10-16(27)30-21-11-14(25)17(22-13(2)24)19(31-21)18(15(26)12-23)29-20(21)28;1-6(2)10(17)14(23)27-16-4-8(21)11(18-7(3)20)13(26-16)12(9(22)5-19)25-15(16)24;1-3-4-10(21)24-15-5-8(19)11(16-7(2)18)13(25-15)12(9(20)6-17)23-14(15)22;1-5(16)14-9-7(18)3-13(22-6(2)17)12(20)21-10(8(19)4-15)11(9)23-13;/h14-15,17-19,23,25-26H,3-12H2,1-2H3,(H,22,24);6,8-13,19,21-22H,4-5,17H2,1-3H3,(H,18,20);8-9,11-13,17,19-20H,3-6H2,1-2H3,(H,16,18);7-11,15,18-19H,3-4H2,1-2H3,(H,14,16);1H4/t14-,15+,17+,18+,19+,21-;8-,9+,10-,11+,12+,13+,16+;8-,9+,11+,12+,13+,15-;7-,8+,9+,10+,11+,13-;/m0000./s1. The Morgan fingerprint density at radius 1 is 0.430 bits per heavy atom. The predicted molar refractivity (Wildman–Crippen MR) is 352 cm³/mol. The van der Waals surface area contributed by atoms with Crippen molar-refractivity contribution >= 4 is 71.4 Å². The Morgan fingerprint density at radius 3 is 0.944 bits per heavy atom. The number of aliphatic hydroxyl groups is 12. The lowest BCUT2D eigenvalue weighted by Crippen LogP contribution is -2.73. The number of hydrogen-bond acceptors (Lipinski definition) is 37. The maximum Gasteiger partial charge on any atom is 0.380 e. The Bertz CT molecular complexity index is 3050. The van der Waals surface area contributed by atoms with Crippen LogP contribution >= 0.6 is 0 Å². The minimum absolute atomic E-state index is 0. The van der Waals surface area contributed by atoms with Crippen molar-refractivity contribution in [1.29, 1.82) is 0 Å². The summed E-state index contributed by atoms with van der Waals surface area (Å²) in [6.45, 7) is 10.2. The number of ether oxygens (including phenoxy) is 12. The summed E-state index contributed by atoms with van der Waals surface area (Å²) in [5.74, 6) is -18.4. The molecule has 612 valence electrons. The molecular formula is C66H107N5O36. The molecule has 0 spiro atoms. The van der Waals surface area contributed by atoms with Gasteiger partial charge in [0.1, 0.15) is 54.9 Å². The zero-order chi connectivity index (χ0) is 79.7. The molecule has 0 unspecified atom stereocenters. The van der Waals surface area contributed by atoms with E-state index in [9.17, 15) is 109 Å². The largest absolute Gasteiger partial charge is 0.452 e. The van der Waals surface area contributed by atoms with E-state index in [1.807, 2.05) is 0 Å². The van der Waals surface area contributed by atoms with E-state index in [2.05, 4.69) is 28.2 Å². The van der Waals surface area contributed by atoms with Crippen molar-refractivity contribution in [2.45, 2.75) is 311 Å². The maximum absolute atomic E-state index is 12.6. The van der Waals surface area contributed by atoms with Crippen LogP contribution in [0.25, 0.3) is 0 Å². The van der Waals surface area contributed by atoms with Gasteiger partial charge in [-0.3, -0.25) is 38.4 Å². The van der Waals surface area contributed by atoms with E-state index in [-0.39, 0.29) is 26.2 Å². The van der Waals surface area contributed by atoms with E-state index >= 15 is 0 Å². The zero-order valence-corrected chi connectivity index (χ0v) is 60.2. The molecule has 8 saturated heterocycles. The highest BCUT2D eigenvalue weighted by atomic mass is 16.8. The number of fused-ring (bicyclic) bond motifs is 8. The highest BCUT2D eigenvalue weighted by Gasteiger charge is 2.67. The van der Waals surface area contributed by atoms with Crippen molar-refractivity contribution in [1.82, 2.24) is 21.3 Å². The van der Waals surface area contributed by atoms with Gasteiger partial charge in [0.05, 0.1) is 101 Å². The van der Waals surface area contributed by atoms with Gasteiger partial charge in [0.15, 0.2) is 24.4 Å². The first-order valence-corrected chi connectivity index (χ1v) is 34.8. The molecule has 8 bridgehead atoms. The fourth-order valence-corrected chi connectivity index (χ4v) is 12.9. The van der Waals surface area contributed by atoms with Crippen LogP contribution in [0.5, 0.6) is 0 Å². The number of carbonyl (C=O) groups excluding carboxylic acids is 12. The van der Waals surface area contributed by atoms with Crippen LogP contribution < -0.4 is 27.0 Å². The molecule has 0 aromatic heterocycles. The van der Waals surface area contributed by atoms with Crippen LogP contribution in [0.4, 0.5) is 0 Å². The van der Waals surface area contributed by atoms with Crippen LogP contribution in [0, 0.1) is 5.92 Å².